The highest BCUT2D eigenvalue weighted by Crippen LogP contribution is 2.23. The Morgan fingerprint density at radius 1 is 1.62 bits per heavy atom. The normalized spacial score (nSPS) is 28.2. The van der Waals surface area contributed by atoms with Gasteiger partial charge in [-0.1, -0.05) is 0 Å². The van der Waals surface area contributed by atoms with Crippen molar-refractivity contribution in [2.24, 2.45) is 0 Å². The van der Waals surface area contributed by atoms with Crippen LogP contribution in [0, 0.1) is 6.07 Å². The Morgan fingerprint density at radius 2 is 2.56 bits per heavy atom. The summed E-state index contributed by atoms with van der Waals surface area (Å²) in [5.41, 5.74) is 1.02. The predicted octanol–water partition coefficient (Wildman–Crippen LogP) is 0.569. The third-order valence-electron chi connectivity index (χ3n) is 3.06. The van der Waals surface area contributed by atoms with Crippen molar-refractivity contribution in [2.45, 2.75) is 18.6 Å². The number of anilines is 1. The fourth-order valence-corrected chi connectivity index (χ4v) is 2.26. The number of alkyl carbamates (subject to hydrolysis) is 1. The molecule has 3 rings (SSSR count). The van der Waals surface area contributed by atoms with Crippen molar-refractivity contribution in [2.75, 3.05) is 18.0 Å². The average Bonchev–Trinajstić information content (AvgIpc) is 2.69. The van der Waals surface area contributed by atoms with Crippen molar-refractivity contribution in [1.29, 1.82) is 0 Å². The van der Waals surface area contributed by atoms with Crippen LogP contribution in [0.1, 0.15) is 6.42 Å². The van der Waals surface area contributed by atoms with Crippen LogP contribution in [0.2, 0.25) is 0 Å². The highest BCUT2D eigenvalue weighted by atomic mass is 16.6. The van der Waals surface area contributed by atoms with Gasteiger partial charge in [0, 0.05) is 43.7 Å². The molecule has 2 saturated heterocycles. The molecule has 0 spiro atoms. The van der Waals surface area contributed by atoms with Gasteiger partial charge in [-0.25, -0.2) is 4.79 Å². The minimum atomic E-state index is -0.296. The zero-order chi connectivity index (χ0) is 11.0. The van der Waals surface area contributed by atoms with Crippen molar-refractivity contribution in [3.63, 3.8) is 0 Å². The molecule has 2 unspecified atom stereocenters. The van der Waals surface area contributed by atoms with Crippen molar-refractivity contribution in [3.8, 4) is 0 Å². The fourth-order valence-electron chi connectivity index (χ4n) is 2.26. The van der Waals surface area contributed by atoms with Crippen LogP contribution >= 0.6 is 0 Å². The van der Waals surface area contributed by atoms with Crippen LogP contribution in [0.15, 0.2) is 18.5 Å². The predicted molar refractivity (Wildman–Crippen MR) is 57.1 cm³/mol. The second-order valence-corrected chi connectivity index (χ2v) is 4.05. The monoisotopic (exact) mass is 218 g/mol. The maximum absolute atomic E-state index is 11.1. The zero-order valence-corrected chi connectivity index (χ0v) is 8.72. The lowest BCUT2D eigenvalue weighted by Gasteiger charge is -2.34. The number of nitrogens with zero attached hydrogens (tertiary/aromatic N) is 2. The molecule has 16 heavy (non-hydrogen) atoms. The van der Waals surface area contributed by atoms with Crippen molar-refractivity contribution < 1.29 is 9.53 Å². The molecule has 0 aliphatic carbocycles. The van der Waals surface area contributed by atoms with Gasteiger partial charge in [0.15, 0.2) is 0 Å². The number of hydrogen-bond acceptors (Lipinski definition) is 4. The number of piperidine rings is 1. The lowest BCUT2D eigenvalue weighted by atomic mass is 10.0. The molecule has 0 aromatic carbocycles. The van der Waals surface area contributed by atoms with E-state index >= 15 is 0 Å². The maximum Gasteiger partial charge on any atom is 0.407 e. The first-order valence-electron chi connectivity index (χ1n) is 5.37. The van der Waals surface area contributed by atoms with Crippen LogP contribution in [0.3, 0.4) is 0 Å². The van der Waals surface area contributed by atoms with E-state index in [1.165, 1.54) is 0 Å². The molecule has 5 heteroatoms. The summed E-state index contributed by atoms with van der Waals surface area (Å²) in [6.07, 6.45) is 4.01. The minimum absolute atomic E-state index is 0.0330. The van der Waals surface area contributed by atoms with E-state index in [0.717, 1.165) is 25.2 Å². The van der Waals surface area contributed by atoms with E-state index in [-0.39, 0.29) is 18.2 Å². The molecule has 2 atom stereocenters. The molecule has 0 bridgehead atoms. The van der Waals surface area contributed by atoms with E-state index in [4.69, 9.17) is 4.74 Å². The van der Waals surface area contributed by atoms with Crippen LogP contribution in [0.4, 0.5) is 10.5 Å². The van der Waals surface area contributed by atoms with Gasteiger partial charge in [0.05, 0.1) is 6.04 Å². The molecule has 5 nitrogen and oxygen atoms in total. The Bertz CT molecular complexity index is 395. The SMILES string of the molecule is O=C1NC2CN(c3[c]cncc3)CCC2O1. The highest BCUT2D eigenvalue weighted by Gasteiger charge is 2.38. The fraction of sp³-hybridized carbons (Fsp3) is 0.455. The molecular formula is C11H12N3O2. The largest absolute Gasteiger partial charge is 0.444 e. The Morgan fingerprint density at radius 3 is 3.38 bits per heavy atom. The molecule has 1 aromatic heterocycles. The third-order valence-corrected chi connectivity index (χ3v) is 3.06. The molecule has 0 saturated carbocycles. The standard InChI is InChI=1S/C11H12N3O2/c15-11-13-9-7-14(6-3-10(9)16-11)8-1-4-12-5-2-8/h1,4-5,9-10H,3,6-7H2,(H,13,15). The van der Waals surface area contributed by atoms with Crippen LogP contribution in [-0.4, -0.2) is 36.3 Å². The summed E-state index contributed by atoms with van der Waals surface area (Å²) in [5, 5.41) is 2.82. The summed E-state index contributed by atoms with van der Waals surface area (Å²) >= 11 is 0. The Labute approximate surface area is 93.4 Å². The van der Waals surface area contributed by atoms with Gasteiger partial charge < -0.3 is 15.0 Å². The second kappa shape index (κ2) is 3.66. The van der Waals surface area contributed by atoms with Gasteiger partial charge in [0.25, 0.3) is 0 Å². The lowest BCUT2D eigenvalue weighted by molar-refractivity contribution is 0.121. The summed E-state index contributed by atoms with van der Waals surface area (Å²) in [6, 6.07) is 5.12. The Balaban J connectivity index is 1.74. The first-order valence-corrected chi connectivity index (χ1v) is 5.37. The molecular weight excluding hydrogens is 206 g/mol. The van der Waals surface area contributed by atoms with Crippen LogP contribution in [0.25, 0.3) is 0 Å². The summed E-state index contributed by atoms with van der Waals surface area (Å²) < 4.78 is 5.15. The van der Waals surface area contributed by atoms with Crippen molar-refractivity contribution in [1.82, 2.24) is 10.3 Å². The quantitative estimate of drug-likeness (QED) is 0.748. The Hall–Kier alpha value is -1.78. The molecule has 3 heterocycles. The topological polar surface area (TPSA) is 54.5 Å². The smallest absolute Gasteiger partial charge is 0.407 e. The molecule has 83 valence electrons. The molecule has 2 aliphatic rings. The van der Waals surface area contributed by atoms with Gasteiger partial charge in [0.2, 0.25) is 0 Å². The van der Waals surface area contributed by atoms with E-state index in [1.807, 2.05) is 6.07 Å². The van der Waals surface area contributed by atoms with Crippen LogP contribution < -0.4 is 10.2 Å². The van der Waals surface area contributed by atoms with Crippen LogP contribution in [-0.2, 0) is 4.74 Å². The van der Waals surface area contributed by atoms with Gasteiger partial charge in [0.1, 0.15) is 6.10 Å². The van der Waals surface area contributed by atoms with E-state index in [1.54, 1.807) is 12.4 Å². The first kappa shape index (κ1) is 9.45. The zero-order valence-electron chi connectivity index (χ0n) is 8.72. The summed E-state index contributed by atoms with van der Waals surface area (Å²) in [5.74, 6) is 0. The minimum Gasteiger partial charge on any atom is -0.444 e. The molecule has 1 amide bonds. The van der Waals surface area contributed by atoms with E-state index in [2.05, 4.69) is 21.3 Å². The lowest BCUT2D eigenvalue weighted by Crippen LogP contribution is -2.49. The van der Waals surface area contributed by atoms with Crippen molar-refractivity contribution in [3.05, 3.63) is 24.5 Å². The van der Waals surface area contributed by atoms with Gasteiger partial charge in [-0.05, 0) is 6.07 Å². The number of hydrogen-bond donors (Lipinski definition) is 1. The molecule has 1 radical (unpaired) electrons. The van der Waals surface area contributed by atoms with Gasteiger partial charge in [-0.2, -0.15) is 0 Å². The molecule has 2 aliphatic heterocycles. The number of rotatable bonds is 1. The van der Waals surface area contributed by atoms with E-state index in [0.29, 0.717) is 0 Å². The number of aromatic nitrogens is 1. The number of fused-ring (bicyclic) bond motifs is 1. The number of carbonyl (C=O) groups is 1. The number of nitrogens with one attached hydrogen (secondary N) is 1. The molecule has 1 aromatic rings. The third kappa shape index (κ3) is 1.58. The van der Waals surface area contributed by atoms with E-state index in [9.17, 15) is 4.79 Å². The van der Waals surface area contributed by atoms with Gasteiger partial charge in [-0.15, -0.1) is 0 Å². The number of amides is 1. The highest BCUT2D eigenvalue weighted by molar-refractivity contribution is 5.70. The van der Waals surface area contributed by atoms with Crippen molar-refractivity contribution >= 4 is 11.8 Å². The number of carbonyl (C=O) groups excluding carboxylic acids is 1. The van der Waals surface area contributed by atoms with Gasteiger partial charge >= 0.3 is 6.09 Å². The second-order valence-electron chi connectivity index (χ2n) is 4.05. The molecule has 1 N–H and O–H groups in total. The number of pyridine rings is 1. The van der Waals surface area contributed by atoms with Crippen LogP contribution in [0.5, 0.6) is 0 Å². The summed E-state index contributed by atoms with van der Waals surface area (Å²) in [6.45, 7) is 1.66. The van der Waals surface area contributed by atoms with Gasteiger partial charge in [-0.3, -0.25) is 4.98 Å². The first-order chi connectivity index (χ1) is 7.83. The van der Waals surface area contributed by atoms with E-state index < -0.39 is 0 Å². The summed E-state index contributed by atoms with van der Waals surface area (Å²) in [4.78, 5) is 17.2. The molecule has 2 fully saturated rings. The Kier molecular flexibility index (Phi) is 2.16. The summed E-state index contributed by atoms with van der Waals surface area (Å²) in [7, 11) is 0. The average molecular weight is 218 g/mol. The maximum atomic E-state index is 11.1. The number of ether oxygens (including phenoxy) is 1.